The Hall–Kier alpha value is -1.85. The predicted molar refractivity (Wildman–Crippen MR) is 120 cm³/mol. The lowest BCUT2D eigenvalue weighted by Crippen LogP contribution is -2.40. The van der Waals surface area contributed by atoms with E-state index in [-0.39, 0.29) is 23.1 Å². The maximum absolute atomic E-state index is 13.0. The molecule has 1 aliphatic rings. The highest BCUT2D eigenvalue weighted by molar-refractivity contribution is 6.35. The second kappa shape index (κ2) is 9.77. The zero-order valence-electron chi connectivity index (χ0n) is 17.7. The van der Waals surface area contributed by atoms with Gasteiger partial charge < -0.3 is 14.8 Å². The summed E-state index contributed by atoms with van der Waals surface area (Å²) in [7, 11) is 0. The van der Waals surface area contributed by atoms with Crippen LogP contribution < -0.4 is 10.9 Å². The van der Waals surface area contributed by atoms with Gasteiger partial charge in [-0.15, -0.1) is 0 Å². The van der Waals surface area contributed by atoms with Crippen LogP contribution >= 0.6 is 11.6 Å². The molecule has 0 bridgehead atoms. The van der Waals surface area contributed by atoms with Crippen LogP contribution in [0.2, 0.25) is 5.02 Å². The van der Waals surface area contributed by atoms with Crippen molar-refractivity contribution in [2.24, 2.45) is 5.92 Å². The second-order valence-electron chi connectivity index (χ2n) is 8.35. The van der Waals surface area contributed by atoms with Crippen molar-refractivity contribution in [3.8, 4) is 0 Å². The van der Waals surface area contributed by atoms with Crippen molar-refractivity contribution in [2.45, 2.75) is 52.5 Å². The average Bonchev–Trinajstić information content (AvgIpc) is 2.70. The Balaban J connectivity index is 1.72. The molecule has 2 heterocycles. The van der Waals surface area contributed by atoms with Crippen molar-refractivity contribution in [2.75, 3.05) is 26.2 Å². The monoisotopic (exact) mass is 417 g/mol. The molecule has 158 valence electrons. The number of piperidine rings is 1. The summed E-state index contributed by atoms with van der Waals surface area (Å²) in [6.07, 6.45) is 4.64. The molecule has 0 atom stereocenters. The van der Waals surface area contributed by atoms with Gasteiger partial charge in [0.15, 0.2) is 0 Å². The molecule has 29 heavy (non-hydrogen) atoms. The van der Waals surface area contributed by atoms with E-state index in [1.165, 1.54) is 19.4 Å². The van der Waals surface area contributed by atoms with Crippen LogP contribution in [0.5, 0.6) is 0 Å². The van der Waals surface area contributed by atoms with Gasteiger partial charge in [0, 0.05) is 23.0 Å². The number of likely N-dealkylation sites (tertiary alicyclic amines) is 1. The Morgan fingerprint density at radius 3 is 2.66 bits per heavy atom. The zero-order valence-corrected chi connectivity index (χ0v) is 18.5. The maximum Gasteiger partial charge on any atom is 0.264 e. The Morgan fingerprint density at radius 2 is 2.00 bits per heavy atom. The second-order valence-corrected chi connectivity index (χ2v) is 8.76. The summed E-state index contributed by atoms with van der Waals surface area (Å²) < 4.78 is 1.66. The number of carbonyl (C=O) groups is 1. The topological polar surface area (TPSA) is 54.3 Å². The van der Waals surface area contributed by atoms with Crippen molar-refractivity contribution in [3.63, 3.8) is 0 Å². The van der Waals surface area contributed by atoms with E-state index >= 15 is 0 Å². The number of carbonyl (C=O) groups excluding carboxylic acids is 1. The number of aromatic nitrogens is 1. The number of nitrogens with one attached hydrogen (secondary N) is 1. The predicted octanol–water partition coefficient (Wildman–Crippen LogP) is 4.48. The molecule has 0 unspecified atom stereocenters. The van der Waals surface area contributed by atoms with Gasteiger partial charge in [-0.1, -0.05) is 31.0 Å². The molecule has 0 saturated carbocycles. The van der Waals surface area contributed by atoms with Crippen molar-refractivity contribution in [1.82, 2.24) is 14.8 Å². The van der Waals surface area contributed by atoms with E-state index < -0.39 is 0 Å². The molecule has 1 saturated heterocycles. The lowest BCUT2D eigenvalue weighted by molar-refractivity contribution is 0.0934. The Labute approximate surface area is 178 Å². The van der Waals surface area contributed by atoms with E-state index in [4.69, 9.17) is 11.6 Å². The third-order valence-electron chi connectivity index (χ3n) is 5.87. The average molecular weight is 418 g/mol. The molecule has 6 heteroatoms. The maximum atomic E-state index is 13.0. The molecular formula is C23H32ClN3O2. The first-order chi connectivity index (χ1) is 13.9. The van der Waals surface area contributed by atoms with Crippen molar-refractivity contribution >= 4 is 28.4 Å². The summed E-state index contributed by atoms with van der Waals surface area (Å²) in [5.41, 5.74) is 0.662. The van der Waals surface area contributed by atoms with Crippen molar-refractivity contribution < 1.29 is 4.79 Å². The van der Waals surface area contributed by atoms with E-state index in [0.29, 0.717) is 17.5 Å². The zero-order chi connectivity index (χ0) is 21.0. The van der Waals surface area contributed by atoms with Gasteiger partial charge in [0.2, 0.25) is 0 Å². The molecule has 2 aromatic rings. The van der Waals surface area contributed by atoms with Gasteiger partial charge >= 0.3 is 0 Å². The fraction of sp³-hybridized carbons (Fsp3) is 0.565. The van der Waals surface area contributed by atoms with E-state index in [0.717, 1.165) is 36.8 Å². The number of hydrogen-bond acceptors (Lipinski definition) is 3. The molecule has 1 N–H and O–H groups in total. The van der Waals surface area contributed by atoms with Gasteiger partial charge in [-0.3, -0.25) is 9.59 Å². The van der Waals surface area contributed by atoms with Crippen LogP contribution in [0.4, 0.5) is 0 Å². The Morgan fingerprint density at radius 1 is 1.28 bits per heavy atom. The minimum Gasteiger partial charge on any atom is -0.352 e. The Kier molecular flexibility index (Phi) is 7.36. The number of halogens is 1. The summed E-state index contributed by atoms with van der Waals surface area (Å²) in [5.74, 6) is 0.160. The highest BCUT2D eigenvalue weighted by Gasteiger charge is 2.22. The third kappa shape index (κ3) is 5.01. The number of pyridine rings is 1. The number of unbranched alkanes of at least 4 members (excludes halogenated alkanes) is 1. The smallest absolute Gasteiger partial charge is 0.264 e. The SMILES string of the molecule is CCCCN1CCC(CNC(=O)c2cc3c(Cl)cccc3n(C(C)C)c2=O)CC1. The van der Waals surface area contributed by atoms with Crippen LogP contribution in [-0.2, 0) is 0 Å². The lowest BCUT2D eigenvalue weighted by atomic mass is 9.96. The van der Waals surface area contributed by atoms with Gasteiger partial charge in [-0.05, 0) is 76.9 Å². The fourth-order valence-corrected chi connectivity index (χ4v) is 4.35. The standard InChI is InChI=1S/C23H32ClN3O2/c1-4-5-11-26-12-9-17(10-13-26)15-25-22(28)19-14-18-20(24)7-6-8-21(18)27(16(2)3)23(19)29/h6-8,14,16-17H,4-5,9-13,15H2,1-3H3,(H,25,28). The van der Waals surface area contributed by atoms with Gasteiger partial charge in [0.1, 0.15) is 5.56 Å². The summed E-state index contributed by atoms with van der Waals surface area (Å²) in [6.45, 7) is 10.1. The number of hydrogen-bond donors (Lipinski definition) is 1. The van der Waals surface area contributed by atoms with Crippen molar-refractivity contribution in [1.29, 1.82) is 0 Å². The van der Waals surface area contributed by atoms with E-state index in [1.807, 2.05) is 26.0 Å². The van der Waals surface area contributed by atoms with Gasteiger partial charge in [-0.2, -0.15) is 0 Å². The summed E-state index contributed by atoms with van der Waals surface area (Å²) in [5, 5.41) is 4.28. The molecule has 3 rings (SSSR count). The molecule has 1 aromatic carbocycles. The molecule has 0 spiro atoms. The summed E-state index contributed by atoms with van der Waals surface area (Å²) in [6, 6.07) is 7.06. The molecule has 1 fully saturated rings. The van der Waals surface area contributed by atoms with Crippen LogP contribution in [0.25, 0.3) is 10.9 Å². The van der Waals surface area contributed by atoms with E-state index in [2.05, 4.69) is 17.1 Å². The number of amides is 1. The van der Waals surface area contributed by atoms with Crippen LogP contribution in [-0.4, -0.2) is 41.6 Å². The molecule has 5 nitrogen and oxygen atoms in total. The number of benzene rings is 1. The van der Waals surface area contributed by atoms with E-state index in [9.17, 15) is 9.59 Å². The van der Waals surface area contributed by atoms with Crippen LogP contribution in [0.3, 0.4) is 0 Å². The number of fused-ring (bicyclic) bond motifs is 1. The highest BCUT2D eigenvalue weighted by atomic mass is 35.5. The first-order valence-corrected chi connectivity index (χ1v) is 11.1. The third-order valence-corrected chi connectivity index (χ3v) is 6.20. The van der Waals surface area contributed by atoms with Crippen molar-refractivity contribution in [3.05, 3.63) is 45.2 Å². The molecule has 0 radical (unpaired) electrons. The molecule has 1 aromatic heterocycles. The quantitative estimate of drug-likeness (QED) is 0.722. The normalized spacial score (nSPS) is 15.9. The number of nitrogens with zero attached hydrogens (tertiary/aromatic N) is 2. The molecule has 1 amide bonds. The van der Waals surface area contributed by atoms with Gasteiger partial charge in [-0.25, -0.2) is 0 Å². The van der Waals surface area contributed by atoms with E-state index in [1.54, 1.807) is 16.7 Å². The first-order valence-electron chi connectivity index (χ1n) is 10.8. The van der Waals surface area contributed by atoms with Gasteiger partial charge in [0.05, 0.1) is 5.52 Å². The highest BCUT2D eigenvalue weighted by Crippen LogP contribution is 2.25. The van der Waals surface area contributed by atoms with Gasteiger partial charge in [0.25, 0.3) is 11.5 Å². The van der Waals surface area contributed by atoms with Crippen LogP contribution in [0.1, 0.15) is 62.9 Å². The first kappa shape index (κ1) is 21.8. The van der Waals surface area contributed by atoms with Crippen LogP contribution in [0, 0.1) is 5.92 Å². The molecule has 1 aliphatic heterocycles. The minimum atomic E-state index is -0.306. The Bertz CT molecular complexity index is 914. The largest absolute Gasteiger partial charge is 0.352 e. The number of rotatable bonds is 7. The summed E-state index contributed by atoms with van der Waals surface area (Å²) >= 11 is 6.36. The lowest BCUT2D eigenvalue weighted by Gasteiger charge is -2.31. The molecule has 0 aliphatic carbocycles. The minimum absolute atomic E-state index is 0.0661. The fourth-order valence-electron chi connectivity index (χ4n) is 4.13. The summed E-state index contributed by atoms with van der Waals surface area (Å²) in [4.78, 5) is 28.4. The van der Waals surface area contributed by atoms with Crippen LogP contribution in [0.15, 0.2) is 29.1 Å². The molecular weight excluding hydrogens is 386 g/mol.